The number of nitro benzene ring substituents is 1. The zero-order valence-corrected chi connectivity index (χ0v) is 11.7. The Labute approximate surface area is 116 Å². The molecule has 3 N–H and O–H groups in total. The van der Waals surface area contributed by atoms with E-state index >= 15 is 0 Å². The van der Waals surface area contributed by atoms with Gasteiger partial charge in [0, 0.05) is 11.8 Å². The molecule has 0 saturated heterocycles. The fourth-order valence-electron chi connectivity index (χ4n) is 1.70. The second-order valence-electron chi connectivity index (χ2n) is 4.64. The van der Waals surface area contributed by atoms with Crippen molar-refractivity contribution in [2.24, 2.45) is 11.7 Å². The van der Waals surface area contributed by atoms with E-state index in [1.54, 1.807) is 6.92 Å². The van der Waals surface area contributed by atoms with Crippen LogP contribution >= 0.6 is 11.6 Å². The van der Waals surface area contributed by atoms with Crippen LogP contribution in [0.2, 0.25) is 5.02 Å². The van der Waals surface area contributed by atoms with Crippen LogP contribution in [0.15, 0.2) is 12.1 Å². The van der Waals surface area contributed by atoms with Crippen molar-refractivity contribution < 1.29 is 9.72 Å². The minimum Gasteiger partial charge on any atom is -0.373 e. The first kappa shape index (κ1) is 15.2. The van der Waals surface area contributed by atoms with E-state index in [0.29, 0.717) is 11.3 Å². The molecule has 104 valence electrons. The predicted octanol–water partition coefficient (Wildman–Crippen LogP) is 2.48. The van der Waals surface area contributed by atoms with Crippen molar-refractivity contribution in [1.29, 1.82) is 0 Å². The van der Waals surface area contributed by atoms with E-state index < -0.39 is 16.9 Å². The summed E-state index contributed by atoms with van der Waals surface area (Å²) in [6, 6.07) is 2.24. The lowest BCUT2D eigenvalue weighted by Crippen LogP contribution is -2.39. The topological polar surface area (TPSA) is 98.3 Å². The van der Waals surface area contributed by atoms with Crippen LogP contribution in [0.3, 0.4) is 0 Å². The summed E-state index contributed by atoms with van der Waals surface area (Å²) in [6.45, 7) is 5.40. The highest BCUT2D eigenvalue weighted by atomic mass is 35.5. The third-order valence-corrected chi connectivity index (χ3v) is 3.08. The van der Waals surface area contributed by atoms with E-state index in [1.165, 1.54) is 12.1 Å². The molecule has 1 rings (SSSR count). The number of aryl methyl sites for hydroxylation is 1. The van der Waals surface area contributed by atoms with Crippen molar-refractivity contribution in [2.75, 3.05) is 5.32 Å². The Hall–Kier alpha value is -1.82. The van der Waals surface area contributed by atoms with E-state index in [-0.39, 0.29) is 16.6 Å². The molecule has 0 aromatic heterocycles. The van der Waals surface area contributed by atoms with E-state index in [2.05, 4.69) is 5.32 Å². The number of hydrogen-bond donors (Lipinski definition) is 2. The lowest BCUT2D eigenvalue weighted by atomic mass is 10.0. The quantitative estimate of drug-likeness (QED) is 0.641. The molecule has 0 bridgehead atoms. The lowest BCUT2D eigenvalue weighted by Gasteiger charge is -2.21. The fraction of sp³-hybridized carbons (Fsp3) is 0.417. The van der Waals surface area contributed by atoms with Crippen LogP contribution in [0, 0.1) is 23.0 Å². The van der Waals surface area contributed by atoms with Crippen molar-refractivity contribution in [3.63, 3.8) is 0 Å². The van der Waals surface area contributed by atoms with E-state index in [0.717, 1.165) is 0 Å². The average Bonchev–Trinajstić information content (AvgIpc) is 2.28. The maximum Gasteiger partial charge on any atom is 0.288 e. The van der Waals surface area contributed by atoms with Crippen molar-refractivity contribution >= 4 is 28.9 Å². The monoisotopic (exact) mass is 285 g/mol. The Morgan fingerprint density at radius 1 is 1.47 bits per heavy atom. The second kappa shape index (κ2) is 5.88. The molecule has 7 heteroatoms. The molecule has 0 spiro atoms. The maximum atomic E-state index is 11.3. The number of rotatable bonds is 5. The van der Waals surface area contributed by atoms with E-state index in [9.17, 15) is 14.9 Å². The van der Waals surface area contributed by atoms with Gasteiger partial charge in [0.1, 0.15) is 11.1 Å². The molecule has 0 aliphatic rings. The summed E-state index contributed by atoms with van der Waals surface area (Å²) >= 11 is 5.84. The summed E-state index contributed by atoms with van der Waals surface area (Å²) < 4.78 is 0. The zero-order chi connectivity index (χ0) is 14.7. The van der Waals surface area contributed by atoms with Crippen LogP contribution in [0.1, 0.15) is 19.4 Å². The molecule has 0 heterocycles. The van der Waals surface area contributed by atoms with Crippen LogP contribution in [0.4, 0.5) is 11.4 Å². The first-order valence-electron chi connectivity index (χ1n) is 5.74. The van der Waals surface area contributed by atoms with Gasteiger partial charge in [0.2, 0.25) is 5.91 Å². The fourth-order valence-corrected chi connectivity index (χ4v) is 1.93. The molecular formula is C12H16ClN3O3. The van der Waals surface area contributed by atoms with Crippen molar-refractivity contribution in [3.05, 3.63) is 32.8 Å². The number of carbonyl (C=O) groups is 1. The highest BCUT2D eigenvalue weighted by Crippen LogP contribution is 2.31. The molecule has 1 aromatic carbocycles. The van der Waals surface area contributed by atoms with Crippen molar-refractivity contribution in [2.45, 2.75) is 26.8 Å². The van der Waals surface area contributed by atoms with Gasteiger partial charge in [0.15, 0.2) is 0 Å². The number of carbonyl (C=O) groups excluding carboxylic acids is 1. The van der Waals surface area contributed by atoms with E-state index in [1.807, 2.05) is 13.8 Å². The lowest BCUT2D eigenvalue weighted by molar-refractivity contribution is -0.384. The molecule has 1 unspecified atom stereocenters. The SMILES string of the molecule is Cc1cc([N+](=O)[O-])c(Cl)cc1NC(C(N)=O)C(C)C. The van der Waals surface area contributed by atoms with Crippen LogP contribution in [0.5, 0.6) is 0 Å². The second-order valence-corrected chi connectivity index (χ2v) is 5.05. The summed E-state index contributed by atoms with van der Waals surface area (Å²) in [5.74, 6) is -0.491. The Bertz CT molecular complexity index is 517. The maximum absolute atomic E-state index is 11.3. The number of primary amides is 1. The molecule has 0 aliphatic heterocycles. The molecule has 1 amide bonds. The standard InChI is InChI=1S/C12H16ClN3O3/c1-6(2)11(12(14)17)15-9-5-8(13)10(16(18)19)4-7(9)3/h4-6,11,15H,1-3H3,(H2,14,17). The first-order valence-corrected chi connectivity index (χ1v) is 6.12. The van der Waals surface area contributed by atoms with Gasteiger partial charge in [-0.2, -0.15) is 0 Å². The van der Waals surface area contributed by atoms with Crippen LogP contribution in [0.25, 0.3) is 0 Å². The van der Waals surface area contributed by atoms with Gasteiger partial charge in [-0.05, 0) is 24.5 Å². The van der Waals surface area contributed by atoms with Gasteiger partial charge in [-0.15, -0.1) is 0 Å². The summed E-state index contributed by atoms with van der Waals surface area (Å²) in [5, 5.41) is 13.7. The molecule has 19 heavy (non-hydrogen) atoms. The summed E-state index contributed by atoms with van der Waals surface area (Å²) in [7, 11) is 0. The molecule has 0 saturated carbocycles. The smallest absolute Gasteiger partial charge is 0.288 e. The minimum atomic E-state index is -0.559. The summed E-state index contributed by atoms with van der Waals surface area (Å²) in [6.07, 6.45) is 0. The van der Waals surface area contributed by atoms with Gasteiger partial charge in [-0.3, -0.25) is 14.9 Å². The normalized spacial score (nSPS) is 12.3. The molecular weight excluding hydrogens is 270 g/mol. The average molecular weight is 286 g/mol. The first-order chi connectivity index (χ1) is 8.73. The van der Waals surface area contributed by atoms with Gasteiger partial charge in [-0.25, -0.2) is 0 Å². The molecule has 1 atom stereocenters. The van der Waals surface area contributed by atoms with Gasteiger partial charge in [0.05, 0.1) is 4.92 Å². The number of hydrogen-bond acceptors (Lipinski definition) is 4. The van der Waals surface area contributed by atoms with Gasteiger partial charge in [0.25, 0.3) is 5.69 Å². The number of anilines is 1. The number of nitrogens with one attached hydrogen (secondary N) is 1. The molecule has 0 fully saturated rings. The number of nitrogens with zero attached hydrogens (tertiary/aromatic N) is 1. The Morgan fingerprint density at radius 2 is 2.05 bits per heavy atom. The number of nitro groups is 1. The predicted molar refractivity (Wildman–Crippen MR) is 74.3 cm³/mol. The van der Waals surface area contributed by atoms with Gasteiger partial charge >= 0.3 is 0 Å². The highest BCUT2D eigenvalue weighted by molar-refractivity contribution is 6.33. The number of benzene rings is 1. The third kappa shape index (κ3) is 3.57. The largest absolute Gasteiger partial charge is 0.373 e. The molecule has 6 nitrogen and oxygen atoms in total. The van der Waals surface area contributed by atoms with Crippen LogP contribution < -0.4 is 11.1 Å². The number of halogens is 1. The summed E-state index contributed by atoms with van der Waals surface area (Å²) in [5.41, 5.74) is 6.34. The molecule has 0 aliphatic carbocycles. The minimum absolute atomic E-state index is 0.00846. The summed E-state index contributed by atoms with van der Waals surface area (Å²) in [4.78, 5) is 21.5. The number of amides is 1. The van der Waals surface area contributed by atoms with Gasteiger partial charge < -0.3 is 11.1 Å². The third-order valence-electron chi connectivity index (χ3n) is 2.77. The van der Waals surface area contributed by atoms with Crippen LogP contribution in [-0.4, -0.2) is 16.9 Å². The van der Waals surface area contributed by atoms with E-state index in [4.69, 9.17) is 17.3 Å². The van der Waals surface area contributed by atoms with Crippen LogP contribution in [-0.2, 0) is 4.79 Å². The Kier molecular flexibility index (Phi) is 4.72. The number of nitrogens with two attached hydrogens (primary N) is 1. The highest BCUT2D eigenvalue weighted by Gasteiger charge is 2.22. The van der Waals surface area contributed by atoms with Crippen molar-refractivity contribution in [3.8, 4) is 0 Å². The zero-order valence-electron chi connectivity index (χ0n) is 10.9. The van der Waals surface area contributed by atoms with Gasteiger partial charge in [-0.1, -0.05) is 25.4 Å². The Balaban J connectivity index is 3.12. The Morgan fingerprint density at radius 3 is 2.47 bits per heavy atom. The van der Waals surface area contributed by atoms with Crippen molar-refractivity contribution in [1.82, 2.24) is 0 Å². The molecule has 1 aromatic rings. The molecule has 0 radical (unpaired) electrons.